The van der Waals surface area contributed by atoms with Crippen molar-refractivity contribution < 1.29 is 14.3 Å². The molecule has 0 saturated heterocycles. The van der Waals surface area contributed by atoms with Gasteiger partial charge in [-0.05, 0) is 24.1 Å². The number of aliphatic hydroxyl groups excluding tert-OH is 1. The van der Waals surface area contributed by atoms with Crippen molar-refractivity contribution in [1.29, 1.82) is 0 Å². The predicted octanol–water partition coefficient (Wildman–Crippen LogP) is 1.79. The second-order valence-corrected chi connectivity index (χ2v) is 4.14. The summed E-state index contributed by atoms with van der Waals surface area (Å²) in [7, 11) is 0. The van der Waals surface area contributed by atoms with E-state index in [1.165, 1.54) is 12.1 Å². The van der Waals surface area contributed by atoms with E-state index in [4.69, 9.17) is 0 Å². The molecule has 0 fully saturated rings. The van der Waals surface area contributed by atoms with E-state index >= 15 is 0 Å². The fraction of sp³-hybridized carbons (Fsp3) is 0.462. The van der Waals surface area contributed by atoms with Crippen LogP contribution in [0.4, 0.5) is 9.18 Å². The monoisotopic (exact) mass is 254 g/mol. The van der Waals surface area contributed by atoms with E-state index in [2.05, 4.69) is 10.6 Å². The molecule has 0 heterocycles. The second-order valence-electron chi connectivity index (χ2n) is 4.14. The van der Waals surface area contributed by atoms with E-state index < -0.39 is 6.10 Å². The van der Waals surface area contributed by atoms with Crippen LogP contribution in [0.3, 0.4) is 0 Å². The molecule has 0 aromatic heterocycles. The summed E-state index contributed by atoms with van der Waals surface area (Å²) < 4.78 is 12.9. The first kappa shape index (κ1) is 14.4. The van der Waals surface area contributed by atoms with Gasteiger partial charge in [0.25, 0.3) is 0 Å². The maximum Gasteiger partial charge on any atom is 0.315 e. The van der Waals surface area contributed by atoms with E-state index in [1.807, 2.05) is 6.92 Å². The van der Waals surface area contributed by atoms with Gasteiger partial charge in [0.2, 0.25) is 0 Å². The van der Waals surface area contributed by atoms with E-state index in [0.29, 0.717) is 12.0 Å². The van der Waals surface area contributed by atoms with Crippen LogP contribution in [0, 0.1) is 5.82 Å². The molecule has 1 unspecified atom stereocenters. The standard InChI is InChI=1S/C13H19FN2O2/c1-2-4-12(17)9-16-13(18)15-8-10-5-3-6-11(14)7-10/h3,5-7,12,17H,2,4,8-9H2,1H3,(H2,15,16,18). The summed E-state index contributed by atoms with van der Waals surface area (Å²) >= 11 is 0. The lowest BCUT2D eigenvalue weighted by atomic mass is 10.2. The highest BCUT2D eigenvalue weighted by atomic mass is 19.1. The highest BCUT2D eigenvalue weighted by Crippen LogP contribution is 2.02. The molecule has 4 nitrogen and oxygen atoms in total. The van der Waals surface area contributed by atoms with Crippen molar-refractivity contribution in [2.75, 3.05) is 6.54 Å². The van der Waals surface area contributed by atoms with Gasteiger partial charge in [-0.25, -0.2) is 9.18 Å². The van der Waals surface area contributed by atoms with Gasteiger partial charge in [-0.2, -0.15) is 0 Å². The Kier molecular flexibility index (Phi) is 6.14. The van der Waals surface area contributed by atoms with Crippen molar-refractivity contribution in [1.82, 2.24) is 10.6 Å². The summed E-state index contributed by atoms with van der Waals surface area (Å²) in [6.07, 6.45) is 1.01. The summed E-state index contributed by atoms with van der Waals surface area (Å²) in [5, 5.41) is 14.6. The molecular formula is C13H19FN2O2. The number of aliphatic hydroxyl groups is 1. The number of halogens is 1. The van der Waals surface area contributed by atoms with Gasteiger partial charge in [-0.15, -0.1) is 0 Å². The highest BCUT2D eigenvalue weighted by molar-refractivity contribution is 5.73. The van der Waals surface area contributed by atoms with Gasteiger partial charge in [0.1, 0.15) is 5.82 Å². The van der Waals surface area contributed by atoms with Crippen LogP contribution >= 0.6 is 0 Å². The van der Waals surface area contributed by atoms with Crippen LogP contribution in [0.25, 0.3) is 0 Å². The number of nitrogens with one attached hydrogen (secondary N) is 2. The molecule has 5 heteroatoms. The SMILES string of the molecule is CCCC(O)CNC(=O)NCc1cccc(F)c1. The third-order valence-corrected chi connectivity index (χ3v) is 2.46. The van der Waals surface area contributed by atoms with Gasteiger partial charge in [0.05, 0.1) is 6.10 Å². The van der Waals surface area contributed by atoms with E-state index in [1.54, 1.807) is 12.1 Å². The van der Waals surface area contributed by atoms with Crippen molar-refractivity contribution in [3.63, 3.8) is 0 Å². The summed E-state index contributed by atoms with van der Waals surface area (Å²) in [5.41, 5.74) is 0.694. The van der Waals surface area contributed by atoms with Gasteiger partial charge < -0.3 is 15.7 Å². The van der Waals surface area contributed by atoms with Crippen molar-refractivity contribution >= 4 is 6.03 Å². The smallest absolute Gasteiger partial charge is 0.315 e. The lowest BCUT2D eigenvalue weighted by molar-refractivity contribution is 0.160. The van der Waals surface area contributed by atoms with Crippen LogP contribution in [0.1, 0.15) is 25.3 Å². The minimum absolute atomic E-state index is 0.225. The fourth-order valence-corrected chi connectivity index (χ4v) is 1.54. The zero-order chi connectivity index (χ0) is 13.4. The summed E-state index contributed by atoms with van der Waals surface area (Å²) in [4.78, 5) is 11.4. The number of hydrogen-bond acceptors (Lipinski definition) is 2. The average Bonchev–Trinajstić information content (AvgIpc) is 2.34. The molecular weight excluding hydrogens is 235 g/mol. The molecule has 100 valence electrons. The lowest BCUT2D eigenvalue weighted by Gasteiger charge is -2.11. The van der Waals surface area contributed by atoms with Gasteiger partial charge in [-0.3, -0.25) is 0 Å². The molecule has 3 N–H and O–H groups in total. The number of urea groups is 1. The van der Waals surface area contributed by atoms with Crippen LogP contribution in [0.15, 0.2) is 24.3 Å². The number of carbonyl (C=O) groups excluding carboxylic acids is 1. The van der Waals surface area contributed by atoms with Crippen molar-refractivity contribution in [3.05, 3.63) is 35.6 Å². The minimum atomic E-state index is -0.519. The molecule has 1 rings (SSSR count). The van der Waals surface area contributed by atoms with Crippen LogP contribution < -0.4 is 10.6 Å². The Bertz CT molecular complexity index is 385. The summed E-state index contributed by atoms with van der Waals surface area (Å²) in [6, 6.07) is 5.68. The van der Waals surface area contributed by atoms with Crippen LogP contribution in [-0.2, 0) is 6.54 Å². The normalized spacial score (nSPS) is 11.9. The molecule has 2 amide bonds. The molecule has 1 aromatic carbocycles. The van der Waals surface area contributed by atoms with Gasteiger partial charge in [0.15, 0.2) is 0 Å². The van der Waals surface area contributed by atoms with Gasteiger partial charge in [-0.1, -0.05) is 25.5 Å². The second kappa shape index (κ2) is 7.66. The first-order valence-electron chi connectivity index (χ1n) is 6.06. The largest absolute Gasteiger partial charge is 0.391 e. The van der Waals surface area contributed by atoms with E-state index in [0.717, 1.165) is 6.42 Å². The number of carbonyl (C=O) groups is 1. The first-order valence-corrected chi connectivity index (χ1v) is 6.06. The zero-order valence-electron chi connectivity index (χ0n) is 10.4. The van der Waals surface area contributed by atoms with Crippen molar-refractivity contribution in [2.24, 2.45) is 0 Å². The number of amides is 2. The lowest BCUT2D eigenvalue weighted by Crippen LogP contribution is -2.39. The molecule has 0 aliphatic heterocycles. The Labute approximate surface area is 106 Å². The molecule has 18 heavy (non-hydrogen) atoms. The quantitative estimate of drug-likeness (QED) is 0.724. The number of rotatable bonds is 6. The third kappa shape index (κ3) is 5.63. The summed E-state index contributed by atoms with van der Waals surface area (Å²) in [6.45, 7) is 2.45. The highest BCUT2D eigenvalue weighted by Gasteiger charge is 2.05. The Morgan fingerprint density at radius 2 is 2.22 bits per heavy atom. The fourth-order valence-electron chi connectivity index (χ4n) is 1.54. The number of benzene rings is 1. The third-order valence-electron chi connectivity index (χ3n) is 2.46. The molecule has 0 aliphatic carbocycles. The van der Waals surface area contributed by atoms with Gasteiger partial charge in [0, 0.05) is 13.1 Å². The van der Waals surface area contributed by atoms with E-state index in [9.17, 15) is 14.3 Å². The number of hydrogen-bond donors (Lipinski definition) is 3. The average molecular weight is 254 g/mol. The molecule has 0 radical (unpaired) electrons. The first-order chi connectivity index (χ1) is 8.61. The molecule has 1 atom stereocenters. The Balaban J connectivity index is 2.25. The Morgan fingerprint density at radius 3 is 2.89 bits per heavy atom. The minimum Gasteiger partial charge on any atom is -0.391 e. The van der Waals surface area contributed by atoms with Crippen molar-refractivity contribution in [2.45, 2.75) is 32.4 Å². The van der Waals surface area contributed by atoms with Crippen LogP contribution in [-0.4, -0.2) is 23.8 Å². The molecule has 0 saturated carbocycles. The zero-order valence-corrected chi connectivity index (χ0v) is 10.4. The molecule has 0 bridgehead atoms. The maximum atomic E-state index is 12.9. The van der Waals surface area contributed by atoms with E-state index in [-0.39, 0.29) is 24.9 Å². The molecule has 0 aliphatic rings. The van der Waals surface area contributed by atoms with Crippen LogP contribution in [0.5, 0.6) is 0 Å². The molecule has 1 aromatic rings. The van der Waals surface area contributed by atoms with Crippen LogP contribution in [0.2, 0.25) is 0 Å². The Hall–Kier alpha value is -1.62. The maximum absolute atomic E-state index is 12.9. The Morgan fingerprint density at radius 1 is 1.44 bits per heavy atom. The predicted molar refractivity (Wildman–Crippen MR) is 67.6 cm³/mol. The van der Waals surface area contributed by atoms with Gasteiger partial charge >= 0.3 is 6.03 Å². The molecule has 0 spiro atoms. The van der Waals surface area contributed by atoms with Crippen molar-refractivity contribution in [3.8, 4) is 0 Å². The summed E-state index contributed by atoms with van der Waals surface area (Å²) in [5.74, 6) is -0.326. The topological polar surface area (TPSA) is 61.4 Å².